The Kier molecular flexibility index (Phi) is 9.12. The standard InChI is InChI=1S/C42H49F6N5/c1-24(2)35-50-31-20-10-25(22-33(31)51-35)26-11-21-32-34(23-26)53(9)36(52-32)38(5,6)37(3,4)27-12-16-29(17-13-27)40(41(43,44)45,42(46,47)48)30-18-14-28(15-19-30)39(7,8)49/h10-24,35-36,50-52H,49H2,1-9H3. The van der Waals surface area contributed by atoms with Gasteiger partial charge < -0.3 is 26.6 Å². The lowest BCUT2D eigenvalue weighted by Crippen LogP contribution is -2.55. The van der Waals surface area contributed by atoms with Crippen LogP contribution in [0.3, 0.4) is 0 Å². The smallest absolute Gasteiger partial charge is 0.363 e. The minimum Gasteiger partial charge on any atom is -0.363 e. The molecule has 0 amide bonds. The maximum absolute atomic E-state index is 15.0. The van der Waals surface area contributed by atoms with E-state index in [-0.39, 0.29) is 12.3 Å². The first-order valence-electron chi connectivity index (χ1n) is 17.9. The number of nitrogens with zero attached hydrogens (tertiary/aromatic N) is 1. The monoisotopic (exact) mass is 737 g/mol. The van der Waals surface area contributed by atoms with Gasteiger partial charge in [0, 0.05) is 18.0 Å². The number of nitrogens with two attached hydrogens (primary N) is 1. The van der Waals surface area contributed by atoms with Gasteiger partial charge in [-0.25, -0.2) is 0 Å². The first-order valence-corrected chi connectivity index (χ1v) is 17.9. The highest BCUT2D eigenvalue weighted by atomic mass is 19.4. The third kappa shape index (κ3) is 6.18. The molecule has 5 N–H and O–H groups in total. The van der Waals surface area contributed by atoms with Crippen molar-refractivity contribution in [2.45, 2.75) is 96.4 Å². The molecular formula is C42H49F6N5. The summed E-state index contributed by atoms with van der Waals surface area (Å²) in [7, 11) is 1.99. The minimum atomic E-state index is -5.69. The predicted octanol–water partition coefficient (Wildman–Crippen LogP) is 11.0. The fraction of sp³-hybridized carbons (Fsp3) is 0.429. The maximum atomic E-state index is 15.0. The molecule has 2 aliphatic rings. The summed E-state index contributed by atoms with van der Waals surface area (Å²) in [6.07, 6.45) is -11.5. The molecule has 2 unspecified atom stereocenters. The molecule has 2 aliphatic heterocycles. The number of benzene rings is 4. The van der Waals surface area contributed by atoms with Crippen molar-refractivity contribution in [3.8, 4) is 11.1 Å². The van der Waals surface area contributed by atoms with Crippen LogP contribution in [0.4, 0.5) is 49.1 Å². The zero-order valence-corrected chi connectivity index (χ0v) is 31.6. The molecule has 5 nitrogen and oxygen atoms in total. The van der Waals surface area contributed by atoms with E-state index in [1.54, 1.807) is 13.8 Å². The van der Waals surface area contributed by atoms with Gasteiger partial charge in [0.25, 0.3) is 0 Å². The van der Waals surface area contributed by atoms with Crippen LogP contribution in [-0.2, 0) is 16.4 Å². The van der Waals surface area contributed by atoms with Crippen molar-refractivity contribution < 1.29 is 26.3 Å². The van der Waals surface area contributed by atoms with Crippen molar-refractivity contribution in [2.24, 2.45) is 17.1 Å². The lowest BCUT2D eigenvalue weighted by atomic mass is 9.62. The van der Waals surface area contributed by atoms with E-state index in [9.17, 15) is 26.3 Å². The van der Waals surface area contributed by atoms with Crippen LogP contribution in [0.2, 0.25) is 0 Å². The molecule has 4 aromatic rings. The number of hydrogen-bond donors (Lipinski definition) is 4. The van der Waals surface area contributed by atoms with E-state index in [4.69, 9.17) is 5.73 Å². The zero-order valence-electron chi connectivity index (χ0n) is 31.6. The third-order valence-electron chi connectivity index (χ3n) is 11.9. The van der Waals surface area contributed by atoms with Gasteiger partial charge >= 0.3 is 12.4 Å². The number of rotatable bonds is 8. The molecule has 0 saturated carbocycles. The van der Waals surface area contributed by atoms with E-state index in [1.807, 2.05) is 27.0 Å². The normalized spacial score (nSPS) is 18.0. The summed E-state index contributed by atoms with van der Waals surface area (Å²) < 4.78 is 89.7. The molecule has 284 valence electrons. The van der Waals surface area contributed by atoms with Crippen LogP contribution in [0.1, 0.15) is 77.6 Å². The van der Waals surface area contributed by atoms with Gasteiger partial charge in [0.15, 0.2) is 0 Å². The number of fused-ring (bicyclic) bond motifs is 2. The summed E-state index contributed by atoms with van der Waals surface area (Å²) in [6, 6.07) is 21.6. The van der Waals surface area contributed by atoms with Crippen LogP contribution in [0.25, 0.3) is 11.1 Å². The highest BCUT2D eigenvalue weighted by Crippen LogP contribution is 2.57. The van der Waals surface area contributed by atoms with Crippen LogP contribution in [0, 0.1) is 11.3 Å². The molecule has 6 rings (SSSR count). The second-order valence-corrected chi connectivity index (χ2v) is 16.6. The first-order chi connectivity index (χ1) is 24.4. The molecule has 0 bridgehead atoms. The average molecular weight is 738 g/mol. The highest BCUT2D eigenvalue weighted by molar-refractivity contribution is 5.85. The Balaban J connectivity index is 1.30. The number of halogens is 6. The van der Waals surface area contributed by atoms with Crippen molar-refractivity contribution in [3.63, 3.8) is 0 Å². The molecule has 0 aromatic heterocycles. The van der Waals surface area contributed by atoms with Gasteiger partial charge in [-0.15, -0.1) is 0 Å². The Morgan fingerprint density at radius 1 is 0.585 bits per heavy atom. The van der Waals surface area contributed by atoms with E-state index in [0.717, 1.165) is 58.1 Å². The Labute approximate surface area is 308 Å². The number of nitrogens with one attached hydrogen (secondary N) is 3. The van der Waals surface area contributed by atoms with Crippen molar-refractivity contribution >= 4 is 22.7 Å². The largest absolute Gasteiger partial charge is 0.411 e. The summed E-state index contributed by atoms with van der Waals surface area (Å²) in [5, 5.41) is 10.7. The third-order valence-corrected chi connectivity index (χ3v) is 11.9. The van der Waals surface area contributed by atoms with Gasteiger partial charge in [-0.2, -0.15) is 26.3 Å². The quantitative estimate of drug-likeness (QED) is 0.136. The van der Waals surface area contributed by atoms with Crippen molar-refractivity contribution in [2.75, 3.05) is 27.9 Å². The topological polar surface area (TPSA) is 65.3 Å². The van der Waals surface area contributed by atoms with Crippen LogP contribution >= 0.6 is 0 Å². The van der Waals surface area contributed by atoms with E-state index in [2.05, 4.69) is 78.9 Å². The van der Waals surface area contributed by atoms with E-state index < -0.39 is 45.3 Å². The van der Waals surface area contributed by atoms with Gasteiger partial charge in [0.1, 0.15) is 6.17 Å². The summed E-state index contributed by atoms with van der Waals surface area (Å²) >= 11 is 0. The van der Waals surface area contributed by atoms with Gasteiger partial charge in [-0.1, -0.05) is 102 Å². The van der Waals surface area contributed by atoms with Gasteiger partial charge in [0.2, 0.25) is 5.41 Å². The predicted molar refractivity (Wildman–Crippen MR) is 203 cm³/mol. The number of anilines is 4. The van der Waals surface area contributed by atoms with E-state index >= 15 is 0 Å². The van der Waals surface area contributed by atoms with Gasteiger partial charge in [-0.05, 0) is 82.8 Å². The molecule has 0 aliphatic carbocycles. The van der Waals surface area contributed by atoms with Crippen molar-refractivity contribution in [1.29, 1.82) is 0 Å². The first kappa shape index (κ1) is 38.3. The van der Waals surface area contributed by atoms with Gasteiger partial charge in [-0.3, -0.25) is 0 Å². The van der Waals surface area contributed by atoms with Crippen molar-refractivity contribution in [3.05, 3.63) is 107 Å². The molecule has 0 radical (unpaired) electrons. The average Bonchev–Trinajstić information content (AvgIpc) is 3.65. The minimum absolute atomic E-state index is 0.164. The fourth-order valence-electron chi connectivity index (χ4n) is 7.83. The summed E-state index contributed by atoms with van der Waals surface area (Å²) in [5.41, 5.74) is 4.93. The number of hydrogen-bond acceptors (Lipinski definition) is 5. The second kappa shape index (κ2) is 12.6. The molecule has 4 aromatic carbocycles. The molecule has 2 atom stereocenters. The SMILES string of the molecule is CC(C)C1Nc2ccc(-c3ccc4c(c3)N(C)C(C(C)(C)C(C)(C)c3ccc(C(c5ccc(C(C)(C)N)cc5)(C(F)(F)F)C(F)(F)F)cc3)N4)cc2N1. The summed E-state index contributed by atoms with van der Waals surface area (Å²) in [4.78, 5) is 2.15. The van der Waals surface area contributed by atoms with Crippen LogP contribution in [0.5, 0.6) is 0 Å². The maximum Gasteiger partial charge on any atom is 0.411 e. The fourth-order valence-corrected chi connectivity index (χ4v) is 7.83. The molecule has 53 heavy (non-hydrogen) atoms. The molecule has 2 heterocycles. The van der Waals surface area contributed by atoms with E-state index in [0.29, 0.717) is 17.0 Å². The van der Waals surface area contributed by atoms with Crippen LogP contribution < -0.4 is 26.6 Å². The lowest BCUT2D eigenvalue weighted by molar-refractivity contribution is -0.288. The molecule has 0 fully saturated rings. The Morgan fingerprint density at radius 2 is 1.04 bits per heavy atom. The highest BCUT2D eigenvalue weighted by Gasteiger charge is 2.72. The Bertz CT molecular complexity index is 1960. The summed E-state index contributed by atoms with van der Waals surface area (Å²) in [5.74, 6) is 0.411. The van der Waals surface area contributed by atoms with Crippen molar-refractivity contribution in [1.82, 2.24) is 0 Å². The molecule has 0 saturated heterocycles. The number of alkyl halides is 6. The molecule has 0 spiro atoms. The zero-order chi connectivity index (χ0) is 39.1. The Morgan fingerprint density at radius 3 is 1.53 bits per heavy atom. The molecular weight excluding hydrogens is 688 g/mol. The summed E-state index contributed by atoms with van der Waals surface area (Å²) in [6.45, 7) is 15.6. The van der Waals surface area contributed by atoms with E-state index in [1.165, 1.54) is 24.3 Å². The lowest BCUT2D eigenvalue weighted by Gasteiger charge is -2.48. The molecule has 11 heteroatoms. The second-order valence-electron chi connectivity index (χ2n) is 16.6. The van der Waals surface area contributed by atoms with Crippen LogP contribution in [-0.4, -0.2) is 31.7 Å². The van der Waals surface area contributed by atoms with Crippen LogP contribution in [0.15, 0.2) is 84.9 Å². The Hall–Kier alpha value is -4.38. The van der Waals surface area contributed by atoms with Gasteiger partial charge in [0.05, 0.1) is 28.9 Å².